The third-order valence-electron chi connectivity index (χ3n) is 6.67. The number of methoxy groups -OCH3 is 1. The third-order valence-corrected chi connectivity index (χ3v) is 8.09. The molecule has 1 heterocycles. The Morgan fingerprint density at radius 3 is 2.55 bits per heavy atom. The smallest absolute Gasteiger partial charge is 0.337 e. The van der Waals surface area contributed by atoms with Crippen LogP contribution in [0.3, 0.4) is 0 Å². The van der Waals surface area contributed by atoms with Crippen molar-refractivity contribution in [1.82, 2.24) is 16.1 Å². The molecule has 14 nitrogen and oxygen atoms in total. The minimum absolute atomic E-state index is 0.000844. The Morgan fingerprint density at radius 2 is 1.87 bits per heavy atom. The number of urea groups is 1. The van der Waals surface area contributed by atoms with Gasteiger partial charge >= 0.3 is 12.0 Å². The van der Waals surface area contributed by atoms with Crippen LogP contribution >= 0.6 is 45.2 Å². The van der Waals surface area contributed by atoms with Crippen molar-refractivity contribution in [3.05, 3.63) is 99.8 Å². The van der Waals surface area contributed by atoms with E-state index in [-0.39, 0.29) is 24.5 Å². The summed E-state index contributed by atoms with van der Waals surface area (Å²) in [5.74, 6) is 0.650. The number of carbonyl (C=O) groups excluding carboxylic acids is 2. The number of hydrogen-bond donors (Lipinski definition) is 4. The molecule has 0 aliphatic carbocycles. The van der Waals surface area contributed by atoms with Crippen LogP contribution in [0.2, 0.25) is 0 Å². The van der Waals surface area contributed by atoms with Crippen molar-refractivity contribution >= 4 is 69.1 Å². The van der Waals surface area contributed by atoms with Gasteiger partial charge in [0.25, 0.3) is 5.69 Å². The summed E-state index contributed by atoms with van der Waals surface area (Å²) in [6.07, 6.45) is 0.313. The van der Waals surface area contributed by atoms with E-state index in [1.807, 2.05) is 12.1 Å². The molecule has 0 saturated carbocycles. The number of non-ortho nitro benzene ring substituents is 1. The Bertz CT molecular complexity index is 1700. The van der Waals surface area contributed by atoms with Crippen molar-refractivity contribution in [2.45, 2.75) is 32.7 Å². The van der Waals surface area contributed by atoms with Crippen molar-refractivity contribution in [2.24, 2.45) is 5.10 Å². The van der Waals surface area contributed by atoms with Gasteiger partial charge in [-0.25, -0.2) is 9.59 Å². The number of allylic oxidation sites excluding steroid dienone is 1. The second-order valence-electron chi connectivity index (χ2n) is 9.93. The number of nitrogens with zero attached hydrogens (tertiary/aromatic N) is 2. The van der Waals surface area contributed by atoms with Crippen LogP contribution in [0.5, 0.6) is 17.2 Å². The van der Waals surface area contributed by atoms with Gasteiger partial charge in [-0.1, -0.05) is 6.07 Å². The number of hydrazone groups is 1. The van der Waals surface area contributed by atoms with E-state index in [2.05, 4.69) is 66.3 Å². The molecule has 1 aliphatic heterocycles. The molecule has 1 aliphatic rings. The lowest BCUT2D eigenvalue weighted by molar-refractivity contribution is -0.384. The zero-order valence-electron chi connectivity index (χ0n) is 25.4. The van der Waals surface area contributed by atoms with Gasteiger partial charge in [-0.3, -0.25) is 15.5 Å². The molecule has 4 rings (SSSR count). The van der Waals surface area contributed by atoms with E-state index in [4.69, 9.17) is 18.9 Å². The van der Waals surface area contributed by atoms with Gasteiger partial charge in [0.1, 0.15) is 19.0 Å². The van der Waals surface area contributed by atoms with Gasteiger partial charge in [-0.2, -0.15) is 5.10 Å². The zero-order chi connectivity index (χ0) is 34.1. The standard InChI is InChI=1S/C31H31I2N5O9/c1-4-45-25-12-19(28-27(30(40)44-3)17(2)35-31(41)36-28)7-10-24(25)46-16-26(39)37-34-14-20-11-21(32)13-23(33)29(20)47-15-18-5-8-22(9-6-18)38(42)43/h5-14,26,28,37,39H,4,15-16H2,1-3H3,(H2,35,36,41)/b34-14+/t26-,28+/m0/s1. The lowest BCUT2D eigenvalue weighted by atomic mass is 9.95. The lowest BCUT2D eigenvalue weighted by Gasteiger charge is -2.28. The Kier molecular flexibility index (Phi) is 12.6. The number of aliphatic hydroxyl groups is 1. The first-order chi connectivity index (χ1) is 22.5. The first kappa shape index (κ1) is 35.7. The summed E-state index contributed by atoms with van der Waals surface area (Å²) < 4.78 is 24.3. The summed E-state index contributed by atoms with van der Waals surface area (Å²) in [4.78, 5) is 35.1. The molecule has 0 aromatic heterocycles. The summed E-state index contributed by atoms with van der Waals surface area (Å²) in [6.45, 7) is 3.72. The SMILES string of the molecule is CCOc1cc([C@H]2NC(=O)NC(C)=C2C(=O)OC)ccc1OC[C@H](O)N/N=C/c1cc(I)cc(I)c1OCc1ccc([N+](=O)[O-])cc1. The number of benzene rings is 3. The fourth-order valence-electron chi connectivity index (χ4n) is 4.51. The molecule has 0 saturated heterocycles. The Balaban J connectivity index is 1.42. The van der Waals surface area contributed by atoms with E-state index >= 15 is 0 Å². The number of nitro groups is 1. The van der Waals surface area contributed by atoms with E-state index in [0.29, 0.717) is 40.7 Å². The fourth-order valence-corrected chi connectivity index (χ4v) is 6.56. The molecule has 2 amide bonds. The summed E-state index contributed by atoms with van der Waals surface area (Å²) in [7, 11) is 1.26. The minimum Gasteiger partial charge on any atom is -0.490 e. The Labute approximate surface area is 297 Å². The molecular weight excluding hydrogens is 840 g/mol. The maximum Gasteiger partial charge on any atom is 0.337 e. The van der Waals surface area contributed by atoms with Gasteiger partial charge in [-0.05, 0) is 107 Å². The highest BCUT2D eigenvalue weighted by atomic mass is 127. The second-order valence-corrected chi connectivity index (χ2v) is 12.3. The molecule has 3 aromatic rings. The third kappa shape index (κ3) is 9.44. The van der Waals surface area contributed by atoms with Crippen LogP contribution in [-0.2, 0) is 16.1 Å². The second kappa shape index (κ2) is 16.6. The van der Waals surface area contributed by atoms with Gasteiger partial charge < -0.3 is 34.7 Å². The molecule has 0 fully saturated rings. The number of carbonyl (C=O) groups is 2. The molecule has 0 bridgehead atoms. The number of nitrogens with one attached hydrogen (secondary N) is 3. The van der Waals surface area contributed by atoms with Crippen LogP contribution in [0.15, 0.2) is 71.0 Å². The number of aliphatic hydroxyl groups excluding tert-OH is 1. The maximum atomic E-state index is 12.5. The highest BCUT2D eigenvalue weighted by Gasteiger charge is 2.32. The average Bonchev–Trinajstić information content (AvgIpc) is 3.03. The molecule has 2 atom stereocenters. The van der Waals surface area contributed by atoms with E-state index in [1.54, 1.807) is 44.2 Å². The summed E-state index contributed by atoms with van der Waals surface area (Å²) >= 11 is 4.34. The van der Waals surface area contributed by atoms with E-state index in [1.165, 1.54) is 25.5 Å². The summed E-state index contributed by atoms with van der Waals surface area (Å²) in [5, 5.41) is 31.0. The molecular formula is C31H31I2N5O9. The topological polar surface area (TPSA) is 183 Å². The van der Waals surface area contributed by atoms with Crippen LogP contribution < -0.4 is 30.3 Å². The summed E-state index contributed by atoms with van der Waals surface area (Å²) in [6, 6.07) is 13.6. The minimum atomic E-state index is -1.20. The molecule has 0 radical (unpaired) electrons. The van der Waals surface area contributed by atoms with Gasteiger partial charge in [-0.15, -0.1) is 0 Å². The van der Waals surface area contributed by atoms with Crippen LogP contribution in [0.25, 0.3) is 0 Å². The normalized spacial score (nSPS) is 15.0. The van der Waals surface area contributed by atoms with Gasteiger partial charge in [0.15, 0.2) is 17.7 Å². The van der Waals surface area contributed by atoms with Crippen LogP contribution in [-0.4, -0.2) is 54.8 Å². The van der Waals surface area contributed by atoms with E-state index in [9.17, 15) is 24.8 Å². The van der Waals surface area contributed by atoms with Crippen LogP contribution in [0, 0.1) is 17.3 Å². The average molecular weight is 871 g/mol. The molecule has 4 N–H and O–H groups in total. The van der Waals surface area contributed by atoms with Crippen molar-refractivity contribution in [2.75, 3.05) is 20.3 Å². The van der Waals surface area contributed by atoms with E-state index < -0.39 is 29.2 Å². The van der Waals surface area contributed by atoms with Crippen molar-refractivity contribution in [3.8, 4) is 17.2 Å². The summed E-state index contributed by atoms with van der Waals surface area (Å²) in [5.41, 5.74) is 5.24. The van der Waals surface area contributed by atoms with Gasteiger partial charge in [0, 0.05) is 27.0 Å². The molecule has 0 unspecified atom stereocenters. The highest BCUT2D eigenvalue weighted by molar-refractivity contribution is 14.1. The quantitative estimate of drug-likeness (QED) is 0.0434. The van der Waals surface area contributed by atoms with E-state index in [0.717, 1.165) is 12.7 Å². The van der Waals surface area contributed by atoms with Crippen LogP contribution in [0.4, 0.5) is 10.5 Å². The number of amides is 2. The van der Waals surface area contributed by atoms with Gasteiger partial charge in [0.05, 0.1) is 40.0 Å². The number of esters is 1. The molecule has 16 heteroatoms. The Hall–Kier alpha value is -4.17. The highest BCUT2D eigenvalue weighted by Crippen LogP contribution is 2.35. The zero-order valence-corrected chi connectivity index (χ0v) is 29.7. The van der Waals surface area contributed by atoms with Crippen molar-refractivity contribution in [1.29, 1.82) is 0 Å². The Morgan fingerprint density at radius 1 is 1.13 bits per heavy atom. The first-order valence-electron chi connectivity index (χ1n) is 14.1. The molecule has 47 heavy (non-hydrogen) atoms. The predicted octanol–water partition coefficient (Wildman–Crippen LogP) is 4.90. The predicted molar refractivity (Wildman–Crippen MR) is 188 cm³/mol. The van der Waals surface area contributed by atoms with Crippen LogP contribution in [0.1, 0.15) is 36.6 Å². The largest absolute Gasteiger partial charge is 0.490 e. The number of rotatable bonds is 14. The number of halogens is 2. The van der Waals surface area contributed by atoms with Gasteiger partial charge in [0.2, 0.25) is 0 Å². The molecule has 0 spiro atoms. The number of hydrogen-bond acceptors (Lipinski definition) is 11. The van der Waals surface area contributed by atoms with Crippen molar-refractivity contribution in [3.63, 3.8) is 0 Å². The molecule has 248 valence electrons. The molecule has 3 aromatic carbocycles. The lowest BCUT2D eigenvalue weighted by Crippen LogP contribution is -2.45. The number of nitro benzene ring substituents is 1. The first-order valence-corrected chi connectivity index (χ1v) is 16.2. The number of ether oxygens (including phenoxy) is 4. The fraction of sp³-hybridized carbons (Fsp3) is 0.258. The monoisotopic (exact) mass is 871 g/mol. The maximum absolute atomic E-state index is 12.5. The van der Waals surface area contributed by atoms with Crippen molar-refractivity contribution < 1.29 is 38.6 Å².